The summed E-state index contributed by atoms with van der Waals surface area (Å²) >= 11 is 11.8. The molecular weight excluding hydrogens is 439 g/mol. The molecule has 0 aliphatic heterocycles. The predicted octanol–water partition coefficient (Wildman–Crippen LogP) is 3.67. The van der Waals surface area contributed by atoms with Crippen LogP contribution in [-0.4, -0.2) is 54.5 Å². The number of alkyl halides is 2. The molecule has 0 fully saturated rings. The second-order valence-corrected chi connectivity index (χ2v) is 7.68. The first-order valence-corrected chi connectivity index (χ1v) is 11.2. The highest BCUT2D eigenvalue weighted by Gasteiger charge is 2.31. The number of hydrogen-bond donors (Lipinski definition) is 2. The molecule has 1 amide bonds. The number of esters is 1. The van der Waals surface area contributed by atoms with Gasteiger partial charge in [-0.15, -0.1) is 23.2 Å². The molecule has 0 bridgehead atoms. The number of hydrogen-bond acceptors (Lipinski definition) is 5. The van der Waals surface area contributed by atoms with Gasteiger partial charge in [0.1, 0.15) is 6.10 Å². The number of halogens is 2. The van der Waals surface area contributed by atoms with Gasteiger partial charge in [-0.25, -0.2) is 4.79 Å². The summed E-state index contributed by atoms with van der Waals surface area (Å²) < 4.78 is 5.08. The van der Waals surface area contributed by atoms with E-state index in [-0.39, 0.29) is 6.61 Å². The number of nitrogens with zero attached hydrogens (tertiary/aromatic N) is 1. The Balaban J connectivity index is 2.30. The molecule has 2 aromatic carbocycles. The molecular formula is C23H28Cl2N2O4. The molecule has 0 radical (unpaired) electrons. The van der Waals surface area contributed by atoms with E-state index in [4.69, 9.17) is 27.9 Å². The Bertz CT molecular complexity index is 858. The molecule has 2 N–H and O–H groups in total. The number of aliphatic hydroxyl groups is 1. The van der Waals surface area contributed by atoms with Gasteiger partial charge in [0.2, 0.25) is 0 Å². The van der Waals surface area contributed by atoms with Crippen LogP contribution in [0.5, 0.6) is 0 Å². The average Bonchev–Trinajstić information content (AvgIpc) is 2.77. The smallest absolute Gasteiger partial charge is 0.331 e. The molecule has 0 saturated carbocycles. The van der Waals surface area contributed by atoms with Crippen molar-refractivity contribution in [2.45, 2.75) is 26.0 Å². The van der Waals surface area contributed by atoms with E-state index in [1.165, 1.54) is 0 Å². The molecule has 0 saturated heterocycles. The van der Waals surface area contributed by atoms with Crippen molar-refractivity contribution in [2.75, 3.05) is 36.4 Å². The van der Waals surface area contributed by atoms with E-state index in [1.807, 2.05) is 17.9 Å². The second-order valence-electron chi connectivity index (χ2n) is 6.92. The number of amides is 1. The Morgan fingerprint density at radius 3 is 2.32 bits per heavy atom. The van der Waals surface area contributed by atoms with Crippen LogP contribution >= 0.6 is 23.2 Å². The van der Waals surface area contributed by atoms with Crippen LogP contribution in [0.2, 0.25) is 0 Å². The van der Waals surface area contributed by atoms with Crippen LogP contribution in [0.4, 0.5) is 5.69 Å². The van der Waals surface area contributed by atoms with Gasteiger partial charge < -0.3 is 20.1 Å². The van der Waals surface area contributed by atoms with Gasteiger partial charge in [-0.2, -0.15) is 0 Å². The number of ether oxygens (including phenoxy) is 1. The summed E-state index contributed by atoms with van der Waals surface area (Å²) in [6.45, 7) is 4.90. The van der Waals surface area contributed by atoms with Crippen LogP contribution in [0.3, 0.4) is 0 Å². The third kappa shape index (κ3) is 6.86. The van der Waals surface area contributed by atoms with Crippen molar-refractivity contribution in [1.29, 1.82) is 0 Å². The van der Waals surface area contributed by atoms with Gasteiger partial charge in [-0.1, -0.05) is 36.4 Å². The Morgan fingerprint density at radius 1 is 1.10 bits per heavy atom. The van der Waals surface area contributed by atoms with E-state index in [2.05, 4.69) is 5.32 Å². The van der Waals surface area contributed by atoms with Gasteiger partial charge in [0.25, 0.3) is 5.91 Å². The van der Waals surface area contributed by atoms with Crippen molar-refractivity contribution in [3.8, 4) is 0 Å². The van der Waals surface area contributed by atoms with Crippen molar-refractivity contribution in [1.82, 2.24) is 5.32 Å². The highest BCUT2D eigenvalue weighted by atomic mass is 35.5. The van der Waals surface area contributed by atoms with Gasteiger partial charge >= 0.3 is 5.97 Å². The maximum absolute atomic E-state index is 13.0. The van der Waals surface area contributed by atoms with Gasteiger partial charge in [0.05, 0.1) is 6.61 Å². The lowest BCUT2D eigenvalue weighted by molar-refractivity contribution is -0.148. The summed E-state index contributed by atoms with van der Waals surface area (Å²) in [6.07, 6.45) is -1.25. The van der Waals surface area contributed by atoms with E-state index in [0.29, 0.717) is 36.0 Å². The van der Waals surface area contributed by atoms with Gasteiger partial charge in [0.15, 0.2) is 6.04 Å². The summed E-state index contributed by atoms with van der Waals surface area (Å²) in [5, 5.41) is 13.4. The van der Waals surface area contributed by atoms with Crippen LogP contribution in [0.1, 0.15) is 34.5 Å². The Morgan fingerprint density at radius 2 is 1.74 bits per heavy atom. The lowest BCUT2D eigenvalue weighted by Crippen LogP contribution is -2.46. The molecule has 0 aliphatic carbocycles. The maximum atomic E-state index is 13.0. The van der Waals surface area contributed by atoms with Crippen molar-refractivity contribution < 1.29 is 19.4 Å². The Hall–Kier alpha value is -2.28. The van der Waals surface area contributed by atoms with Crippen molar-refractivity contribution in [3.05, 3.63) is 65.2 Å². The number of aryl methyl sites for hydroxylation is 1. The highest BCUT2D eigenvalue weighted by Crippen LogP contribution is 2.23. The van der Waals surface area contributed by atoms with Gasteiger partial charge in [-0.05, 0) is 37.1 Å². The lowest BCUT2D eigenvalue weighted by Gasteiger charge is -2.26. The van der Waals surface area contributed by atoms with Crippen molar-refractivity contribution >= 4 is 40.8 Å². The topological polar surface area (TPSA) is 78.9 Å². The lowest BCUT2D eigenvalue weighted by atomic mass is 10.0. The molecule has 0 aliphatic rings. The minimum atomic E-state index is -1.25. The molecule has 2 aromatic rings. The highest BCUT2D eigenvalue weighted by molar-refractivity contribution is 6.18. The normalized spacial score (nSPS) is 12.7. The summed E-state index contributed by atoms with van der Waals surface area (Å²) in [5.41, 5.74) is 2.66. The van der Waals surface area contributed by atoms with Gasteiger partial charge in [-0.3, -0.25) is 4.79 Å². The monoisotopic (exact) mass is 466 g/mol. The number of anilines is 1. The van der Waals surface area contributed by atoms with Crippen LogP contribution in [0.15, 0.2) is 48.5 Å². The first kappa shape index (κ1) is 25.0. The van der Waals surface area contributed by atoms with E-state index in [9.17, 15) is 14.7 Å². The molecule has 168 valence electrons. The molecule has 2 atom stereocenters. The van der Waals surface area contributed by atoms with E-state index in [1.54, 1.807) is 49.4 Å². The maximum Gasteiger partial charge on any atom is 0.331 e. The first-order chi connectivity index (χ1) is 14.9. The molecule has 0 spiro atoms. The number of carbonyl (C=O) groups excluding carboxylic acids is 2. The molecule has 0 aromatic heterocycles. The second kappa shape index (κ2) is 12.5. The zero-order chi connectivity index (χ0) is 22.8. The zero-order valence-electron chi connectivity index (χ0n) is 17.7. The van der Waals surface area contributed by atoms with Crippen molar-refractivity contribution in [2.24, 2.45) is 0 Å². The van der Waals surface area contributed by atoms with Crippen LogP contribution in [0.25, 0.3) is 0 Å². The summed E-state index contributed by atoms with van der Waals surface area (Å²) in [4.78, 5) is 27.5. The number of nitrogens with one attached hydrogen (secondary N) is 1. The minimum Gasteiger partial charge on any atom is -0.464 e. The van der Waals surface area contributed by atoms with Crippen LogP contribution in [0, 0.1) is 6.92 Å². The van der Waals surface area contributed by atoms with E-state index >= 15 is 0 Å². The molecule has 31 heavy (non-hydrogen) atoms. The molecule has 2 rings (SSSR count). The standard InChI is InChI=1S/C23H28Cl2N2O4/c1-3-31-23(30)20(21(28)17-7-5-4-6-8-17)26-22(29)18-10-9-16(2)19(15-18)27(13-11-24)14-12-25/h4-10,15,20-21,28H,3,11-14H2,1-2H3,(H,26,29)/t20-,21?/m1/s1. The molecule has 6 nitrogen and oxygen atoms in total. The average molecular weight is 467 g/mol. The summed E-state index contributed by atoms with van der Waals surface area (Å²) in [6, 6.07) is 12.6. The predicted molar refractivity (Wildman–Crippen MR) is 124 cm³/mol. The van der Waals surface area contributed by atoms with E-state index < -0.39 is 24.0 Å². The fourth-order valence-corrected chi connectivity index (χ4v) is 3.62. The zero-order valence-corrected chi connectivity index (χ0v) is 19.2. The fraction of sp³-hybridized carbons (Fsp3) is 0.391. The fourth-order valence-electron chi connectivity index (χ4n) is 3.21. The summed E-state index contributed by atoms with van der Waals surface area (Å²) in [7, 11) is 0. The molecule has 1 unspecified atom stereocenters. The van der Waals surface area contributed by atoms with Crippen LogP contribution in [-0.2, 0) is 9.53 Å². The van der Waals surface area contributed by atoms with Crippen LogP contribution < -0.4 is 10.2 Å². The van der Waals surface area contributed by atoms with Crippen molar-refractivity contribution in [3.63, 3.8) is 0 Å². The minimum absolute atomic E-state index is 0.132. The number of aliphatic hydroxyl groups excluding tert-OH is 1. The number of rotatable bonds is 11. The Labute approximate surface area is 193 Å². The molecule has 0 heterocycles. The summed E-state index contributed by atoms with van der Waals surface area (Å²) in [5.74, 6) is -0.363. The largest absolute Gasteiger partial charge is 0.464 e. The number of benzene rings is 2. The van der Waals surface area contributed by atoms with Gasteiger partial charge in [0, 0.05) is 36.1 Å². The SMILES string of the molecule is CCOC(=O)[C@H](NC(=O)c1ccc(C)c(N(CCCl)CCCl)c1)C(O)c1ccccc1. The number of carbonyl (C=O) groups is 2. The third-order valence-corrected chi connectivity index (χ3v) is 5.14. The Kier molecular flexibility index (Phi) is 10.1. The van der Waals surface area contributed by atoms with E-state index in [0.717, 1.165) is 11.3 Å². The molecule has 8 heteroatoms. The third-order valence-electron chi connectivity index (χ3n) is 4.80. The first-order valence-electron chi connectivity index (χ1n) is 10.1. The quantitative estimate of drug-likeness (QED) is 0.390.